The summed E-state index contributed by atoms with van der Waals surface area (Å²) in [6, 6.07) is 0. The number of guanidine groups is 1. The lowest BCUT2D eigenvalue weighted by molar-refractivity contribution is -0.149. The highest BCUT2D eigenvalue weighted by atomic mass is 16.5. The van der Waals surface area contributed by atoms with Gasteiger partial charge in [0.25, 0.3) is 0 Å². The predicted molar refractivity (Wildman–Crippen MR) is 91.5 cm³/mol. The Kier molecular flexibility index (Phi) is 7.51. The van der Waals surface area contributed by atoms with Gasteiger partial charge in [0.2, 0.25) is 0 Å². The molecule has 8 heteroatoms. The fraction of sp³-hybridized carbons (Fsp3) is 0.750. The molecule has 0 aliphatic carbocycles. The van der Waals surface area contributed by atoms with E-state index in [1.807, 2.05) is 11.5 Å². The summed E-state index contributed by atoms with van der Waals surface area (Å²) in [4.78, 5) is 18.4. The average Bonchev–Trinajstić information content (AvgIpc) is 3.12. The van der Waals surface area contributed by atoms with E-state index in [0.717, 1.165) is 57.8 Å². The van der Waals surface area contributed by atoms with Crippen LogP contribution in [0.3, 0.4) is 0 Å². The number of likely N-dealkylation sites (tertiary alicyclic amines) is 1. The fourth-order valence-electron chi connectivity index (χ4n) is 2.88. The van der Waals surface area contributed by atoms with Crippen LogP contribution in [0.25, 0.3) is 0 Å². The Balaban J connectivity index is 1.64. The number of nitrogens with zero attached hydrogens (tertiary/aromatic N) is 5. The fourth-order valence-corrected chi connectivity index (χ4v) is 2.88. The van der Waals surface area contributed by atoms with Gasteiger partial charge in [-0.15, -0.1) is 10.2 Å². The molecule has 1 fully saturated rings. The van der Waals surface area contributed by atoms with Crippen molar-refractivity contribution >= 4 is 11.9 Å². The van der Waals surface area contributed by atoms with Crippen molar-refractivity contribution in [2.75, 3.05) is 33.3 Å². The molecule has 134 valence electrons. The summed E-state index contributed by atoms with van der Waals surface area (Å²) in [6.07, 6.45) is 7.24. The molecule has 2 rings (SSSR count). The molecule has 0 saturated carbocycles. The van der Waals surface area contributed by atoms with Crippen LogP contribution in [0.1, 0.15) is 32.6 Å². The first-order chi connectivity index (χ1) is 11.7. The highest BCUT2D eigenvalue weighted by Crippen LogP contribution is 2.18. The summed E-state index contributed by atoms with van der Waals surface area (Å²) in [5.41, 5.74) is 0. The lowest BCUT2D eigenvalue weighted by Crippen LogP contribution is -2.46. The van der Waals surface area contributed by atoms with E-state index in [4.69, 9.17) is 4.74 Å². The van der Waals surface area contributed by atoms with Crippen LogP contribution < -0.4 is 5.32 Å². The third-order valence-electron chi connectivity index (χ3n) is 4.22. The van der Waals surface area contributed by atoms with E-state index >= 15 is 0 Å². The van der Waals surface area contributed by atoms with Gasteiger partial charge >= 0.3 is 5.97 Å². The molecule has 2 heterocycles. The quantitative estimate of drug-likeness (QED) is 0.345. The molecule has 0 radical (unpaired) electrons. The largest absolute Gasteiger partial charge is 0.466 e. The molecule has 0 atom stereocenters. The number of aliphatic imine (C=N–C) groups is 1. The van der Waals surface area contributed by atoms with E-state index in [1.165, 1.54) is 0 Å². The van der Waals surface area contributed by atoms with Crippen LogP contribution in [-0.4, -0.2) is 64.9 Å². The zero-order chi connectivity index (χ0) is 17.2. The summed E-state index contributed by atoms with van der Waals surface area (Å²) in [6.45, 7) is 5.79. The molecule has 1 aromatic heterocycles. The Labute approximate surface area is 143 Å². The number of ether oxygens (including phenoxy) is 1. The zero-order valence-corrected chi connectivity index (χ0v) is 14.6. The number of esters is 1. The maximum Gasteiger partial charge on any atom is 0.309 e. The van der Waals surface area contributed by atoms with Gasteiger partial charge in [0.05, 0.1) is 12.5 Å². The number of carbonyl (C=O) groups excluding carboxylic acids is 1. The number of unbranched alkanes of at least 4 members (excludes halogenated alkanes) is 1. The van der Waals surface area contributed by atoms with Gasteiger partial charge in [-0.1, -0.05) is 0 Å². The Hall–Kier alpha value is -2.12. The normalized spacial score (nSPS) is 16.2. The standard InChI is InChI=1S/C16H28N6O2/c1-3-24-15(23)14-6-10-22(11-7-14)16(17-2)18-8-4-5-9-21-12-19-20-13-21/h12-14H,3-11H2,1-2H3,(H,17,18). The maximum atomic E-state index is 11.8. The van der Waals surface area contributed by atoms with Crippen molar-refractivity contribution in [3.05, 3.63) is 12.7 Å². The third-order valence-corrected chi connectivity index (χ3v) is 4.22. The van der Waals surface area contributed by atoms with Crippen molar-refractivity contribution in [1.29, 1.82) is 0 Å². The van der Waals surface area contributed by atoms with Gasteiger partial charge in [0.15, 0.2) is 5.96 Å². The zero-order valence-electron chi connectivity index (χ0n) is 14.6. The van der Waals surface area contributed by atoms with Gasteiger partial charge in [0, 0.05) is 33.2 Å². The number of hydrogen-bond donors (Lipinski definition) is 1. The van der Waals surface area contributed by atoms with Gasteiger partial charge in [-0.3, -0.25) is 9.79 Å². The van der Waals surface area contributed by atoms with E-state index in [1.54, 1.807) is 19.7 Å². The molecular weight excluding hydrogens is 308 g/mol. The monoisotopic (exact) mass is 336 g/mol. The van der Waals surface area contributed by atoms with Crippen LogP contribution in [-0.2, 0) is 16.1 Å². The van der Waals surface area contributed by atoms with Crippen molar-refractivity contribution in [1.82, 2.24) is 25.0 Å². The van der Waals surface area contributed by atoms with Gasteiger partial charge in [0.1, 0.15) is 12.7 Å². The molecule has 1 aliphatic rings. The van der Waals surface area contributed by atoms with Crippen LogP contribution in [0, 0.1) is 5.92 Å². The first-order valence-electron chi connectivity index (χ1n) is 8.69. The SMILES string of the molecule is CCOC(=O)C1CCN(C(=NC)NCCCCn2cnnc2)CC1. The lowest BCUT2D eigenvalue weighted by atomic mass is 9.97. The summed E-state index contributed by atoms with van der Waals surface area (Å²) in [5, 5.41) is 11.0. The Bertz CT molecular complexity index is 509. The summed E-state index contributed by atoms with van der Waals surface area (Å²) < 4.78 is 7.09. The molecule has 1 N–H and O–H groups in total. The smallest absolute Gasteiger partial charge is 0.309 e. The highest BCUT2D eigenvalue weighted by molar-refractivity contribution is 5.80. The summed E-state index contributed by atoms with van der Waals surface area (Å²) in [7, 11) is 1.80. The van der Waals surface area contributed by atoms with Crippen molar-refractivity contribution in [3.63, 3.8) is 0 Å². The van der Waals surface area contributed by atoms with Gasteiger partial charge in [-0.2, -0.15) is 0 Å². The molecule has 0 aromatic carbocycles. The third kappa shape index (κ3) is 5.50. The first kappa shape index (κ1) is 18.2. The Morgan fingerprint density at radius 2 is 2.00 bits per heavy atom. The minimum Gasteiger partial charge on any atom is -0.466 e. The number of hydrogen-bond acceptors (Lipinski definition) is 5. The topological polar surface area (TPSA) is 84.6 Å². The summed E-state index contributed by atoms with van der Waals surface area (Å²) >= 11 is 0. The molecule has 0 bridgehead atoms. The molecule has 1 aromatic rings. The number of aromatic nitrogens is 3. The molecule has 8 nitrogen and oxygen atoms in total. The number of rotatable bonds is 7. The second-order valence-corrected chi connectivity index (χ2v) is 5.89. The van der Waals surface area contributed by atoms with E-state index in [9.17, 15) is 4.79 Å². The number of aryl methyl sites for hydroxylation is 1. The second-order valence-electron chi connectivity index (χ2n) is 5.89. The van der Waals surface area contributed by atoms with E-state index < -0.39 is 0 Å². The highest BCUT2D eigenvalue weighted by Gasteiger charge is 2.27. The van der Waals surface area contributed by atoms with E-state index in [2.05, 4.69) is 25.4 Å². The van der Waals surface area contributed by atoms with Crippen LogP contribution in [0.5, 0.6) is 0 Å². The molecule has 0 spiro atoms. The van der Waals surface area contributed by atoms with Crippen molar-refractivity contribution in [2.45, 2.75) is 39.2 Å². The minimum atomic E-state index is -0.0610. The number of nitrogens with one attached hydrogen (secondary N) is 1. The van der Waals surface area contributed by atoms with Crippen LogP contribution in [0.2, 0.25) is 0 Å². The average molecular weight is 336 g/mol. The molecular formula is C16H28N6O2. The van der Waals surface area contributed by atoms with E-state index in [-0.39, 0.29) is 11.9 Å². The second kappa shape index (κ2) is 9.89. The number of piperidine rings is 1. The first-order valence-corrected chi connectivity index (χ1v) is 8.69. The van der Waals surface area contributed by atoms with Crippen LogP contribution in [0.15, 0.2) is 17.6 Å². The van der Waals surface area contributed by atoms with E-state index in [0.29, 0.717) is 6.61 Å². The Morgan fingerprint density at radius 3 is 2.62 bits per heavy atom. The molecule has 24 heavy (non-hydrogen) atoms. The molecule has 1 saturated heterocycles. The molecule has 0 unspecified atom stereocenters. The summed E-state index contributed by atoms with van der Waals surface area (Å²) in [5.74, 6) is 0.888. The predicted octanol–water partition coefficient (Wildman–Crippen LogP) is 0.909. The van der Waals surface area contributed by atoms with Gasteiger partial charge < -0.3 is 19.5 Å². The van der Waals surface area contributed by atoms with Gasteiger partial charge in [-0.25, -0.2) is 0 Å². The van der Waals surface area contributed by atoms with Crippen LogP contribution >= 0.6 is 0 Å². The van der Waals surface area contributed by atoms with Crippen molar-refractivity contribution < 1.29 is 9.53 Å². The van der Waals surface area contributed by atoms with Gasteiger partial charge in [-0.05, 0) is 32.6 Å². The Morgan fingerprint density at radius 1 is 1.29 bits per heavy atom. The minimum absolute atomic E-state index is 0.0306. The van der Waals surface area contributed by atoms with Crippen LogP contribution in [0.4, 0.5) is 0 Å². The molecule has 0 amide bonds. The van der Waals surface area contributed by atoms with Crippen molar-refractivity contribution in [3.8, 4) is 0 Å². The number of carbonyl (C=O) groups is 1. The lowest BCUT2D eigenvalue weighted by Gasteiger charge is -2.33. The molecule has 1 aliphatic heterocycles. The van der Waals surface area contributed by atoms with Crippen molar-refractivity contribution in [2.24, 2.45) is 10.9 Å². The maximum absolute atomic E-state index is 11.8.